The zero-order chi connectivity index (χ0) is 23.1. The molecule has 166 valence electrons. The van der Waals surface area contributed by atoms with E-state index in [1.54, 1.807) is 0 Å². The molecule has 3 N–H and O–H groups in total. The van der Waals surface area contributed by atoms with Crippen LogP contribution >= 0.6 is 0 Å². The van der Waals surface area contributed by atoms with Gasteiger partial charge in [-0.1, -0.05) is 72.8 Å². The van der Waals surface area contributed by atoms with E-state index in [4.69, 9.17) is 10.7 Å². The van der Waals surface area contributed by atoms with E-state index in [-0.39, 0.29) is 5.92 Å². The summed E-state index contributed by atoms with van der Waals surface area (Å²) in [5.41, 5.74) is 13.9. The molecule has 0 bridgehead atoms. The van der Waals surface area contributed by atoms with Gasteiger partial charge in [-0.05, 0) is 28.8 Å². The Morgan fingerprint density at radius 1 is 0.853 bits per heavy atom. The summed E-state index contributed by atoms with van der Waals surface area (Å²) >= 11 is 0. The van der Waals surface area contributed by atoms with Crippen molar-refractivity contribution < 1.29 is 0 Å². The second-order valence-corrected chi connectivity index (χ2v) is 8.43. The van der Waals surface area contributed by atoms with Crippen molar-refractivity contribution in [2.75, 3.05) is 5.73 Å². The molecule has 3 heterocycles. The molecule has 0 aliphatic rings. The fourth-order valence-electron chi connectivity index (χ4n) is 4.72. The molecule has 0 fully saturated rings. The average molecular weight is 446 g/mol. The molecule has 0 aliphatic heterocycles. The number of hydrogen-bond donors (Lipinski definition) is 2. The van der Waals surface area contributed by atoms with Gasteiger partial charge in [-0.15, -0.1) is 5.10 Å². The Kier molecular flexibility index (Phi) is 4.80. The van der Waals surface area contributed by atoms with E-state index in [1.807, 2.05) is 18.2 Å². The number of nitrogens with one attached hydrogen (secondary N) is 1. The van der Waals surface area contributed by atoms with Gasteiger partial charge >= 0.3 is 0 Å². The van der Waals surface area contributed by atoms with E-state index in [0.717, 1.165) is 44.6 Å². The standard InChI is InChI=1S/C27H23N7/c1-34-22-14-8-13-19(17-9-4-2-5-10-17)25(22)30-24(34)16-20(18-11-6-3-7-12-18)21-15-23(28)29-27-26(21)31-33-32-27/h2-15,20H,16H2,1H3,(H3,28,29,31,32,33)/t20-/m1/s1. The second kappa shape index (κ2) is 8.12. The lowest BCUT2D eigenvalue weighted by Crippen LogP contribution is -2.11. The molecular formula is C27H23N7. The van der Waals surface area contributed by atoms with Gasteiger partial charge < -0.3 is 10.3 Å². The van der Waals surface area contributed by atoms with Gasteiger partial charge in [0, 0.05) is 24.9 Å². The first kappa shape index (κ1) is 20.1. The molecule has 0 amide bonds. The first-order valence-corrected chi connectivity index (χ1v) is 11.2. The van der Waals surface area contributed by atoms with Crippen molar-refractivity contribution in [3.63, 3.8) is 0 Å². The van der Waals surface area contributed by atoms with Gasteiger partial charge in [-0.2, -0.15) is 10.3 Å². The number of nitrogens with zero attached hydrogens (tertiary/aromatic N) is 5. The third kappa shape index (κ3) is 3.38. The third-order valence-electron chi connectivity index (χ3n) is 6.39. The van der Waals surface area contributed by atoms with Gasteiger partial charge in [0.1, 0.15) is 17.2 Å². The number of benzene rings is 3. The largest absolute Gasteiger partial charge is 0.384 e. The topological polar surface area (TPSA) is 98.3 Å². The number of rotatable bonds is 5. The number of nitrogens with two attached hydrogens (primary N) is 1. The maximum atomic E-state index is 6.15. The van der Waals surface area contributed by atoms with Gasteiger partial charge in [-0.25, -0.2) is 9.97 Å². The van der Waals surface area contributed by atoms with Gasteiger partial charge in [0.25, 0.3) is 0 Å². The summed E-state index contributed by atoms with van der Waals surface area (Å²) < 4.78 is 2.18. The predicted molar refractivity (Wildman–Crippen MR) is 134 cm³/mol. The molecule has 1 atom stereocenters. The molecule has 3 aromatic carbocycles. The van der Waals surface area contributed by atoms with Gasteiger partial charge in [0.2, 0.25) is 5.65 Å². The molecule has 6 rings (SSSR count). The zero-order valence-electron chi connectivity index (χ0n) is 18.7. The lowest BCUT2D eigenvalue weighted by Gasteiger charge is -2.18. The lowest BCUT2D eigenvalue weighted by molar-refractivity contribution is 0.720. The fourth-order valence-corrected chi connectivity index (χ4v) is 4.72. The minimum atomic E-state index is -0.0187. The number of H-pyrrole nitrogens is 1. The van der Waals surface area contributed by atoms with Gasteiger partial charge in [0.15, 0.2) is 0 Å². The Balaban J connectivity index is 1.51. The predicted octanol–water partition coefficient (Wildman–Crippen LogP) is 4.86. The Morgan fingerprint density at radius 2 is 1.62 bits per heavy atom. The number of para-hydroxylation sites is 1. The maximum Gasteiger partial charge on any atom is 0.203 e. The fraction of sp³-hybridized carbons (Fsp3) is 0.111. The molecule has 7 heteroatoms. The molecular weight excluding hydrogens is 422 g/mol. The highest BCUT2D eigenvalue weighted by molar-refractivity contribution is 5.92. The minimum absolute atomic E-state index is 0.0187. The van der Waals surface area contributed by atoms with Crippen LogP contribution in [0.5, 0.6) is 0 Å². The maximum absolute atomic E-state index is 6.15. The Hall–Kier alpha value is -4.52. The number of nitrogen functional groups attached to an aromatic ring is 1. The highest BCUT2D eigenvalue weighted by Crippen LogP contribution is 2.34. The van der Waals surface area contributed by atoms with E-state index in [9.17, 15) is 0 Å². The summed E-state index contributed by atoms with van der Waals surface area (Å²) in [6.45, 7) is 0. The number of pyridine rings is 1. The van der Waals surface area contributed by atoms with Crippen molar-refractivity contribution in [1.82, 2.24) is 29.9 Å². The van der Waals surface area contributed by atoms with Gasteiger partial charge in [0.05, 0.1) is 11.0 Å². The third-order valence-corrected chi connectivity index (χ3v) is 6.39. The summed E-state index contributed by atoms with van der Waals surface area (Å²) in [5, 5.41) is 11.3. The lowest BCUT2D eigenvalue weighted by atomic mass is 9.88. The first-order valence-electron chi connectivity index (χ1n) is 11.2. The van der Waals surface area contributed by atoms with E-state index in [0.29, 0.717) is 17.9 Å². The Labute approximate surface area is 196 Å². The molecule has 0 unspecified atom stereocenters. The number of aryl methyl sites for hydroxylation is 1. The van der Waals surface area contributed by atoms with E-state index in [2.05, 4.69) is 98.7 Å². The number of hydrogen-bond acceptors (Lipinski definition) is 5. The first-order chi connectivity index (χ1) is 16.7. The van der Waals surface area contributed by atoms with E-state index < -0.39 is 0 Å². The summed E-state index contributed by atoms with van der Waals surface area (Å²) in [6.07, 6.45) is 0.675. The summed E-state index contributed by atoms with van der Waals surface area (Å²) in [7, 11) is 2.08. The Bertz CT molecular complexity index is 1600. The van der Waals surface area contributed by atoms with Crippen LogP contribution in [0, 0.1) is 0 Å². The normalized spacial score (nSPS) is 12.4. The van der Waals surface area contributed by atoms with Crippen LogP contribution < -0.4 is 5.73 Å². The molecule has 0 spiro atoms. The van der Waals surface area contributed by atoms with E-state index >= 15 is 0 Å². The zero-order valence-corrected chi connectivity index (χ0v) is 18.7. The van der Waals surface area contributed by atoms with Crippen LogP contribution in [0.3, 0.4) is 0 Å². The average Bonchev–Trinajstić information content (AvgIpc) is 3.47. The number of aromatic nitrogens is 6. The van der Waals surface area contributed by atoms with Crippen molar-refractivity contribution in [3.8, 4) is 11.1 Å². The number of anilines is 1. The monoisotopic (exact) mass is 445 g/mol. The molecule has 0 saturated carbocycles. The van der Waals surface area contributed by atoms with Crippen LogP contribution in [-0.2, 0) is 13.5 Å². The van der Waals surface area contributed by atoms with E-state index in [1.165, 1.54) is 0 Å². The molecule has 6 aromatic rings. The number of imidazole rings is 1. The van der Waals surface area contributed by atoms with Crippen molar-refractivity contribution in [2.24, 2.45) is 7.05 Å². The molecule has 3 aromatic heterocycles. The summed E-state index contributed by atoms with van der Waals surface area (Å²) in [6, 6.07) is 29.0. The van der Waals surface area contributed by atoms with Crippen LogP contribution in [-0.4, -0.2) is 29.9 Å². The van der Waals surface area contributed by atoms with Crippen molar-refractivity contribution in [3.05, 3.63) is 102 Å². The van der Waals surface area contributed by atoms with Crippen LogP contribution in [0.25, 0.3) is 33.3 Å². The second-order valence-electron chi connectivity index (χ2n) is 8.43. The molecule has 7 nitrogen and oxygen atoms in total. The molecule has 34 heavy (non-hydrogen) atoms. The highest BCUT2D eigenvalue weighted by atomic mass is 15.3. The van der Waals surface area contributed by atoms with Crippen LogP contribution in [0.2, 0.25) is 0 Å². The SMILES string of the molecule is Cn1c(C[C@H](c2ccccc2)c2cc(N)nc3n[nH]nc23)nc2c(-c3ccccc3)cccc21. The van der Waals surface area contributed by atoms with Crippen molar-refractivity contribution in [1.29, 1.82) is 0 Å². The summed E-state index contributed by atoms with van der Waals surface area (Å²) in [4.78, 5) is 9.47. The minimum Gasteiger partial charge on any atom is -0.384 e. The van der Waals surface area contributed by atoms with Crippen molar-refractivity contribution >= 4 is 28.0 Å². The quantitative estimate of drug-likeness (QED) is 0.395. The molecule has 0 radical (unpaired) electrons. The van der Waals surface area contributed by atoms with Gasteiger partial charge in [-0.3, -0.25) is 0 Å². The number of fused-ring (bicyclic) bond motifs is 2. The van der Waals surface area contributed by atoms with Crippen LogP contribution in [0.1, 0.15) is 22.9 Å². The number of aromatic amines is 1. The Morgan fingerprint density at radius 3 is 2.41 bits per heavy atom. The molecule has 0 aliphatic carbocycles. The molecule has 0 saturated heterocycles. The summed E-state index contributed by atoms with van der Waals surface area (Å²) in [5.74, 6) is 1.39. The highest BCUT2D eigenvalue weighted by Gasteiger charge is 2.23. The smallest absolute Gasteiger partial charge is 0.203 e. The van der Waals surface area contributed by atoms with Crippen LogP contribution in [0.4, 0.5) is 5.82 Å². The van der Waals surface area contributed by atoms with Crippen molar-refractivity contribution in [2.45, 2.75) is 12.3 Å². The van der Waals surface area contributed by atoms with Crippen LogP contribution in [0.15, 0.2) is 84.9 Å².